The Balaban J connectivity index is 2.82. The highest BCUT2D eigenvalue weighted by molar-refractivity contribution is 7.17. The van der Waals surface area contributed by atoms with Crippen molar-refractivity contribution in [3.05, 3.63) is 28.9 Å². The summed E-state index contributed by atoms with van der Waals surface area (Å²) in [5.74, 6) is 0.385. The summed E-state index contributed by atoms with van der Waals surface area (Å²) in [4.78, 5) is 0. The quantitative estimate of drug-likeness (QED) is 0.714. The highest BCUT2D eigenvalue weighted by atomic mass is 35.5. The first-order valence-electron chi connectivity index (χ1n) is 4.06. The van der Waals surface area contributed by atoms with Crippen LogP contribution in [0.4, 0.5) is 4.39 Å². The highest BCUT2D eigenvalue weighted by Gasteiger charge is 2.13. The number of ether oxygens (including phenoxy) is 1. The zero-order chi connectivity index (χ0) is 10.1. The first-order valence-corrected chi connectivity index (χ1v) is 5.48. The van der Waals surface area contributed by atoms with Crippen LogP contribution in [0, 0.1) is 5.82 Å². The maximum atomic E-state index is 13.5. The lowest BCUT2D eigenvalue weighted by atomic mass is 10.1. The van der Waals surface area contributed by atoms with Crippen LogP contribution in [0.1, 0.15) is 5.56 Å². The van der Waals surface area contributed by atoms with E-state index in [4.69, 9.17) is 16.3 Å². The van der Waals surface area contributed by atoms with E-state index in [1.54, 1.807) is 0 Å². The van der Waals surface area contributed by atoms with Crippen molar-refractivity contribution in [3.8, 4) is 5.75 Å². The molecule has 1 heterocycles. The predicted octanol–water partition coefficient (Wildman–Crippen LogP) is 3.79. The summed E-state index contributed by atoms with van der Waals surface area (Å²) in [7, 11) is 1.53. The molecule has 1 nitrogen and oxygen atoms in total. The third-order valence-electron chi connectivity index (χ3n) is 2.08. The van der Waals surface area contributed by atoms with Gasteiger partial charge in [-0.1, -0.05) is 0 Å². The smallest absolute Gasteiger partial charge is 0.143 e. The van der Waals surface area contributed by atoms with Crippen LogP contribution in [0.15, 0.2) is 17.5 Å². The van der Waals surface area contributed by atoms with Crippen molar-refractivity contribution in [2.75, 3.05) is 7.11 Å². The molecule has 74 valence electrons. The normalized spacial score (nSPS) is 10.8. The molecule has 0 saturated carbocycles. The molecule has 0 aliphatic rings. The maximum absolute atomic E-state index is 13.5. The van der Waals surface area contributed by atoms with E-state index in [1.807, 2.05) is 11.4 Å². The van der Waals surface area contributed by atoms with Crippen molar-refractivity contribution >= 4 is 33.0 Å². The molecule has 0 amide bonds. The number of rotatable bonds is 2. The van der Waals surface area contributed by atoms with Crippen LogP contribution in [-0.2, 0) is 5.88 Å². The summed E-state index contributed by atoms with van der Waals surface area (Å²) in [5, 5.41) is 2.77. The van der Waals surface area contributed by atoms with Crippen LogP contribution in [0.2, 0.25) is 0 Å². The lowest BCUT2D eigenvalue weighted by Crippen LogP contribution is -1.93. The van der Waals surface area contributed by atoms with Gasteiger partial charge in [0.1, 0.15) is 11.6 Å². The molecular formula is C10H8ClFOS. The highest BCUT2D eigenvalue weighted by Crippen LogP contribution is 2.36. The van der Waals surface area contributed by atoms with E-state index in [1.165, 1.54) is 24.5 Å². The number of hydrogen-bond donors (Lipinski definition) is 0. The molecular weight excluding hydrogens is 223 g/mol. The summed E-state index contributed by atoms with van der Waals surface area (Å²) in [5.41, 5.74) is 0.434. The largest absolute Gasteiger partial charge is 0.495 e. The van der Waals surface area contributed by atoms with Crippen molar-refractivity contribution in [2.45, 2.75) is 5.88 Å². The van der Waals surface area contributed by atoms with E-state index in [0.717, 1.165) is 10.1 Å². The molecule has 2 rings (SSSR count). The second kappa shape index (κ2) is 3.75. The molecule has 0 saturated heterocycles. The van der Waals surface area contributed by atoms with Gasteiger partial charge in [-0.2, -0.15) is 0 Å². The van der Waals surface area contributed by atoms with Crippen LogP contribution in [0.3, 0.4) is 0 Å². The third kappa shape index (κ3) is 1.37. The molecule has 0 aliphatic heterocycles. The minimum absolute atomic E-state index is 0.128. The van der Waals surface area contributed by atoms with Gasteiger partial charge in [-0.15, -0.1) is 22.9 Å². The molecule has 4 heteroatoms. The van der Waals surface area contributed by atoms with Gasteiger partial charge in [-0.3, -0.25) is 0 Å². The molecule has 0 N–H and O–H groups in total. The number of hydrogen-bond acceptors (Lipinski definition) is 2. The Bertz CT molecular complexity index is 466. The van der Waals surface area contributed by atoms with Gasteiger partial charge in [0.15, 0.2) is 0 Å². The zero-order valence-corrected chi connectivity index (χ0v) is 9.08. The fourth-order valence-electron chi connectivity index (χ4n) is 1.43. The fourth-order valence-corrected chi connectivity index (χ4v) is 2.60. The van der Waals surface area contributed by atoms with Gasteiger partial charge in [0.25, 0.3) is 0 Å². The zero-order valence-electron chi connectivity index (χ0n) is 7.51. The minimum atomic E-state index is -0.303. The van der Waals surface area contributed by atoms with Crippen LogP contribution >= 0.6 is 22.9 Å². The Morgan fingerprint density at radius 3 is 3.00 bits per heavy atom. The Labute approximate surface area is 90.1 Å². The number of halogens is 2. The van der Waals surface area contributed by atoms with Gasteiger partial charge in [0.2, 0.25) is 0 Å². The van der Waals surface area contributed by atoms with Gasteiger partial charge < -0.3 is 4.74 Å². The standard InChI is InChI=1S/C10H8ClFOS/c1-13-9-7(5-11)8(12)4-6-2-3-14-10(6)9/h2-4H,5H2,1H3. The van der Waals surface area contributed by atoms with Gasteiger partial charge in [0, 0.05) is 5.56 Å². The van der Waals surface area contributed by atoms with E-state index in [-0.39, 0.29) is 11.7 Å². The maximum Gasteiger partial charge on any atom is 0.143 e. The van der Waals surface area contributed by atoms with Crippen molar-refractivity contribution in [1.29, 1.82) is 0 Å². The van der Waals surface area contributed by atoms with Gasteiger partial charge in [0.05, 0.1) is 17.7 Å². The predicted molar refractivity (Wildman–Crippen MR) is 57.9 cm³/mol. The van der Waals surface area contributed by atoms with Crippen LogP contribution in [0.5, 0.6) is 5.75 Å². The number of thiophene rings is 1. The third-order valence-corrected chi connectivity index (χ3v) is 3.28. The Morgan fingerprint density at radius 1 is 1.57 bits per heavy atom. The van der Waals surface area contributed by atoms with Crippen molar-refractivity contribution in [1.82, 2.24) is 0 Å². The number of benzene rings is 1. The molecule has 1 aromatic carbocycles. The van der Waals surface area contributed by atoms with Gasteiger partial charge in [-0.25, -0.2) is 4.39 Å². The lowest BCUT2D eigenvalue weighted by molar-refractivity contribution is 0.412. The molecule has 0 radical (unpaired) electrons. The molecule has 0 atom stereocenters. The van der Waals surface area contributed by atoms with Crippen molar-refractivity contribution in [3.63, 3.8) is 0 Å². The first-order chi connectivity index (χ1) is 6.77. The average molecular weight is 231 g/mol. The lowest BCUT2D eigenvalue weighted by Gasteiger charge is -2.08. The Kier molecular flexibility index (Phi) is 2.61. The summed E-state index contributed by atoms with van der Waals surface area (Å²) in [6.07, 6.45) is 0. The summed E-state index contributed by atoms with van der Waals surface area (Å²) >= 11 is 7.19. The minimum Gasteiger partial charge on any atom is -0.495 e. The molecule has 0 spiro atoms. The molecule has 0 unspecified atom stereocenters. The van der Waals surface area contributed by atoms with E-state index in [9.17, 15) is 4.39 Å². The fraction of sp³-hybridized carbons (Fsp3) is 0.200. The topological polar surface area (TPSA) is 9.23 Å². The Hall–Kier alpha value is -0.800. The second-order valence-corrected chi connectivity index (χ2v) is 4.03. The van der Waals surface area contributed by atoms with Crippen molar-refractivity contribution < 1.29 is 9.13 Å². The molecule has 0 bridgehead atoms. The van der Waals surface area contributed by atoms with E-state index in [0.29, 0.717) is 11.3 Å². The molecule has 0 fully saturated rings. The van der Waals surface area contributed by atoms with E-state index >= 15 is 0 Å². The molecule has 0 aliphatic carbocycles. The number of alkyl halides is 1. The SMILES string of the molecule is COc1c(CCl)c(F)cc2ccsc12. The van der Waals surface area contributed by atoms with Crippen molar-refractivity contribution in [2.24, 2.45) is 0 Å². The molecule has 2 aromatic rings. The number of fused-ring (bicyclic) bond motifs is 1. The van der Waals surface area contributed by atoms with E-state index in [2.05, 4.69) is 0 Å². The second-order valence-electron chi connectivity index (χ2n) is 2.84. The van der Waals surface area contributed by atoms with Gasteiger partial charge in [-0.05, 0) is 22.9 Å². The summed E-state index contributed by atoms with van der Waals surface area (Å²) < 4.78 is 19.6. The summed E-state index contributed by atoms with van der Waals surface area (Å²) in [6.45, 7) is 0. The Morgan fingerprint density at radius 2 is 2.36 bits per heavy atom. The van der Waals surface area contributed by atoms with Gasteiger partial charge >= 0.3 is 0 Å². The average Bonchev–Trinajstić information content (AvgIpc) is 2.62. The van der Waals surface area contributed by atoms with Crippen LogP contribution in [0.25, 0.3) is 10.1 Å². The van der Waals surface area contributed by atoms with Crippen LogP contribution < -0.4 is 4.74 Å². The molecule has 14 heavy (non-hydrogen) atoms. The van der Waals surface area contributed by atoms with E-state index < -0.39 is 0 Å². The van der Waals surface area contributed by atoms with Crippen LogP contribution in [-0.4, -0.2) is 7.11 Å². The monoisotopic (exact) mass is 230 g/mol. The number of methoxy groups -OCH3 is 1. The first kappa shape index (κ1) is 9.74. The summed E-state index contributed by atoms with van der Waals surface area (Å²) in [6, 6.07) is 3.36. The molecule has 1 aromatic heterocycles.